The Morgan fingerprint density at radius 2 is 2.14 bits per heavy atom. The third kappa shape index (κ3) is 4.22. The molecule has 0 saturated heterocycles. The van der Waals surface area contributed by atoms with E-state index in [1.165, 1.54) is 38.0 Å². The van der Waals surface area contributed by atoms with Crippen molar-refractivity contribution in [2.45, 2.75) is 57.7 Å². The van der Waals surface area contributed by atoms with Crippen LogP contribution in [0.1, 0.15) is 46.5 Å². The summed E-state index contributed by atoms with van der Waals surface area (Å²) in [7, 11) is 0. The van der Waals surface area contributed by atoms with Crippen molar-refractivity contribution in [2.75, 3.05) is 12.3 Å². The topological polar surface area (TPSA) is 12.0 Å². The summed E-state index contributed by atoms with van der Waals surface area (Å²) in [6, 6.07) is 0.804. The Morgan fingerprint density at radius 1 is 1.36 bits per heavy atom. The van der Waals surface area contributed by atoms with Gasteiger partial charge in [-0.05, 0) is 37.5 Å². The first-order valence-electron chi connectivity index (χ1n) is 6.09. The van der Waals surface area contributed by atoms with Crippen LogP contribution in [0.4, 0.5) is 0 Å². The Labute approximate surface area is 93.4 Å². The summed E-state index contributed by atoms with van der Waals surface area (Å²) in [5, 5.41) is 4.62. The highest BCUT2D eigenvalue weighted by molar-refractivity contribution is 7.99. The van der Waals surface area contributed by atoms with Crippen LogP contribution in [-0.2, 0) is 0 Å². The van der Waals surface area contributed by atoms with E-state index in [2.05, 4.69) is 37.8 Å². The molecule has 1 aliphatic rings. The zero-order valence-electron chi connectivity index (χ0n) is 9.88. The third-order valence-electron chi connectivity index (χ3n) is 2.96. The smallest absolute Gasteiger partial charge is 0.0201 e. The third-order valence-corrected chi connectivity index (χ3v) is 4.29. The van der Waals surface area contributed by atoms with Gasteiger partial charge in [-0.3, -0.25) is 0 Å². The number of hydrogen-bond acceptors (Lipinski definition) is 2. The summed E-state index contributed by atoms with van der Waals surface area (Å²) < 4.78 is 0. The molecule has 14 heavy (non-hydrogen) atoms. The molecule has 84 valence electrons. The van der Waals surface area contributed by atoms with E-state index >= 15 is 0 Å². The van der Waals surface area contributed by atoms with E-state index in [0.29, 0.717) is 0 Å². The second-order valence-corrected chi connectivity index (χ2v) is 6.18. The van der Waals surface area contributed by atoms with Gasteiger partial charge in [0, 0.05) is 11.3 Å². The van der Waals surface area contributed by atoms with Gasteiger partial charge in [0.05, 0.1) is 0 Å². The van der Waals surface area contributed by atoms with Crippen LogP contribution < -0.4 is 5.32 Å². The van der Waals surface area contributed by atoms with Gasteiger partial charge >= 0.3 is 0 Å². The van der Waals surface area contributed by atoms with Crippen molar-refractivity contribution in [2.24, 2.45) is 5.92 Å². The van der Waals surface area contributed by atoms with Gasteiger partial charge in [-0.15, -0.1) is 0 Å². The highest BCUT2D eigenvalue weighted by atomic mass is 32.2. The van der Waals surface area contributed by atoms with E-state index in [1.807, 2.05) is 0 Å². The fraction of sp³-hybridized carbons (Fsp3) is 1.00. The maximum Gasteiger partial charge on any atom is 0.0201 e. The molecule has 2 atom stereocenters. The fourth-order valence-electron chi connectivity index (χ4n) is 2.13. The zero-order valence-corrected chi connectivity index (χ0v) is 10.7. The summed E-state index contributed by atoms with van der Waals surface area (Å²) in [6.07, 6.45) is 5.57. The summed E-state index contributed by atoms with van der Waals surface area (Å²) in [6.45, 7) is 8.08. The molecule has 2 heteroatoms. The molecule has 2 unspecified atom stereocenters. The van der Waals surface area contributed by atoms with Gasteiger partial charge in [0.25, 0.3) is 0 Å². The second-order valence-electron chi connectivity index (χ2n) is 4.67. The highest BCUT2D eigenvalue weighted by Gasteiger charge is 2.26. The minimum atomic E-state index is 0.804. The van der Waals surface area contributed by atoms with E-state index in [9.17, 15) is 0 Å². The number of nitrogens with one attached hydrogen (secondary N) is 1. The first-order valence-corrected chi connectivity index (χ1v) is 7.14. The van der Waals surface area contributed by atoms with Crippen molar-refractivity contribution in [1.82, 2.24) is 5.32 Å². The van der Waals surface area contributed by atoms with Crippen LogP contribution in [0, 0.1) is 5.92 Å². The molecule has 0 aromatic heterocycles. The van der Waals surface area contributed by atoms with E-state index in [-0.39, 0.29) is 0 Å². The minimum Gasteiger partial charge on any atom is -0.313 e. The normalized spacial score (nSPS) is 27.4. The van der Waals surface area contributed by atoms with Crippen LogP contribution in [0.15, 0.2) is 0 Å². The SMILES string of the molecule is CCSC1CCCC1NCCC(C)C. The molecule has 0 heterocycles. The van der Waals surface area contributed by atoms with Crippen molar-refractivity contribution in [1.29, 1.82) is 0 Å². The van der Waals surface area contributed by atoms with Gasteiger partial charge in [-0.25, -0.2) is 0 Å². The lowest BCUT2D eigenvalue weighted by Crippen LogP contribution is -2.35. The number of hydrogen-bond donors (Lipinski definition) is 1. The van der Waals surface area contributed by atoms with Crippen LogP contribution >= 0.6 is 11.8 Å². The molecular weight excluding hydrogens is 190 g/mol. The molecule has 0 bridgehead atoms. The van der Waals surface area contributed by atoms with Crippen molar-refractivity contribution in [3.05, 3.63) is 0 Å². The second kappa shape index (κ2) is 6.73. The minimum absolute atomic E-state index is 0.804. The molecule has 1 N–H and O–H groups in total. The molecule has 1 aliphatic carbocycles. The van der Waals surface area contributed by atoms with Gasteiger partial charge in [0.15, 0.2) is 0 Å². The lowest BCUT2D eigenvalue weighted by molar-refractivity contribution is 0.478. The van der Waals surface area contributed by atoms with Gasteiger partial charge in [0.1, 0.15) is 0 Å². The lowest BCUT2D eigenvalue weighted by atomic mass is 10.1. The molecule has 0 aromatic carbocycles. The van der Waals surface area contributed by atoms with Crippen molar-refractivity contribution < 1.29 is 0 Å². The molecule has 0 aromatic rings. The fourth-order valence-corrected chi connectivity index (χ4v) is 3.36. The molecular formula is C12H25NS. The maximum absolute atomic E-state index is 3.73. The van der Waals surface area contributed by atoms with E-state index in [4.69, 9.17) is 0 Å². The predicted molar refractivity (Wildman–Crippen MR) is 67.0 cm³/mol. The first kappa shape index (κ1) is 12.4. The van der Waals surface area contributed by atoms with Gasteiger partial charge in [-0.1, -0.05) is 27.2 Å². The van der Waals surface area contributed by atoms with Crippen molar-refractivity contribution in [3.8, 4) is 0 Å². The van der Waals surface area contributed by atoms with Crippen molar-refractivity contribution in [3.63, 3.8) is 0 Å². The van der Waals surface area contributed by atoms with Crippen LogP contribution in [0.2, 0.25) is 0 Å². The largest absolute Gasteiger partial charge is 0.313 e. The van der Waals surface area contributed by atoms with Crippen LogP contribution in [0.25, 0.3) is 0 Å². The van der Waals surface area contributed by atoms with Gasteiger partial charge < -0.3 is 5.32 Å². The number of rotatable bonds is 6. The summed E-state index contributed by atoms with van der Waals surface area (Å²) in [5.74, 6) is 2.11. The van der Waals surface area contributed by atoms with E-state index in [0.717, 1.165) is 17.2 Å². The van der Waals surface area contributed by atoms with Crippen molar-refractivity contribution >= 4 is 11.8 Å². The van der Waals surface area contributed by atoms with E-state index < -0.39 is 0 Å². The lowest BCUT2D eigenvalue weighted by Gasteiger charge is -2.20. The quantitative estimate of drug-likeness (QED) is 0.729. The highest BCUT2D eigenvalue weighted by Crippen LogP contribution is 2.29. The first-order chi connectivity index (χ1) is 6.74. The zero-order chi connectivity index (χ0) is 10.4. The Morgan fingerprint density at radius 3 is 2.79 bits per heavy atom. The van der Waals surface area contributed by atoms with Gasteiger partial charge in [-0.2, -0.15) is 11.8 Å². The Hall–Kier alpha value is 0.310. The summed E-state index contributed by atoms with van der Waals surface area (Å²) >= 11 is 2.14. The Balaban J connectivity index is 2.15. The molecule has 0 radical (unpaired) electrons. The predicted octanol–water partition coefficient (Wildman–Crippen LogP) is 3.30. The maximum atomic E-state index is 3.73. The van der Waals surface area contributed by atoms with E-state index in [1.54, 1.807) is 0 Å². The molecule has 0 aliphatic heterocycles. The standard InChI is InChI=1S/C12H25NS/c1-4-14-12-7-5-6-11(12)13-9-8-10(2)3/h10-13H,4-9H2,1-3H3. The van der Waals surface area contributed by atoms with Gasteiger partial charge in [0.2, 0.25) is 0 Å². The molecule has 1 nitrogen and oxygen atoms in total. The number of thioether (sulfide) groups is 1. The molecule has 0 amide bonds. The average Bonchev–Trinajstić information content (AvgIpc) is 2.53. The Kier molecular flexibility index (Phi) is 5.95. The molecule has 0 spiro atoms. The average molecular weight is 215 g/mol. The summed E-state index contributed by atoms with van der Waals surface area (Å²) in [5.41, 5.74) is 0. The summed E-state index contributed by atoms with van der Waals surface area (Å²) in [4.78, 5) is 0. The Bertz CT molecular complexity index is 147. The van der Waals surface area contributed by atoms with Crippen LogP contribution in [0.5, 0.6) is 0 Å². The molecule has 1 saturated carbocycles. The monoisotopic (exact) mass is 215 g/mol. The molecule has 1 fully saturated rings. The van der Waals surface area contributed by atoms with Crippen LogP contribution in [-0.4, -0.2) is 23.6 Å². The van der Waals surface area contributed by atoms with Crippen LogP contribution in [0.3, 0.4) is 0 Å². The molecule has 1 rings (SSSR count).